The molecule has 0 heterocycles. The highest BCUT2D eigenvalue weighted by Crippen LogP contribution is 2.26. The highest BCUT2D eigenvalue weighted by Gasteiger charge is 2.33. The Morgan fingerprint density at radius 1 is 0.923 bits per heavy atom. The van der Waals surface area contributed by atoms with E-state index in [1.165, 1.54) is 17.0 Å². The first-order chi connectivity index (χ1) is 18.6. The molecular weight excluding hydrogens is 578 g/mol. The summed E-state index contributed by atoms with van der Waals surface area (Å²) in [4.78, 5) is 28.9. The van der Waals surface area contributed by atoms with Crippen LogP contribution in [0.25, 0.3) is 0 Å². The molecule has 0 fully saturated rings. The Morgan fingerprint density at radius 3 is 2.18 bits per heavy atom. The van der Waals surface area contributed by atoms with Crippen molar-refractivity contribution < 1.29 is 18.0 Å². The molecule has 2 unspecified atom stereocenters. The zero-order valence-corrected chi connectivity index (χ0v) is 25.2. The number of benzene rings is 3. The van der Waals surface area contributed by atoms with Crippen LogP contribution in [0.1, 0.15) is 44.7 Å². The highest BCUT2D eigenvalue weighted by molar-refractivity contribution is 9.10. The first kappa shape index (κ1) is 30.4. The SMILES string of the molecule is CCC(C)NC(=O)C(CC)N(Cc1cccc(C)c1)C(=O)CN(c1ccc(Br)cc1)S(=O)(=O)c1ccccc1. The number of carbonyl (C=O) groups excluding carboxylic acids is 2. The van der Waals surface area contributed by atoms with Gasteiger partial charge in [0.2, 0.25) is 11.8 Å². The van der Waals surface area contributed by atoms with E-state index in [1.807, 2.05) is 52.0 Å². The maximum atomic E-state index is 14.1. The van der Waals surface area contributed by atoms with E-state index in [2.05, 4.69) is 21.2 Å². The molecule has 0 aliphatic rings. The summed E-state index contributed by atoms with van der Waals surface area (Å²) < 4.78 is 29.5. The van der Waals surface area contributed by atoms with Gasteiger partial charge in [-0.15, -0.1) is 0 Å². The van der Waals surface area contributed by atoms with E-state index in [-0.39, 0.29) is 23.4 Å². The summed E-state index contributed by atoms with van der Waals surface area (Å²) in [5.74, 6) is -0.723. The summed E-state index contributed by atoms with van der Waals surface area (Å²) in [6, 6.07) is 21.7. The zero-order chi connectivity index (χ0) is 28.6. The number of amides is 2. The van der Waals surface area contributed by atoms with Crippen LogP contribution in [0.4, 0.5) is 5.69 Å². The average molecular weight is 615 g/mol. The van der Waals surface area contributed by atoms with E-state index >= 15 is 0 Å². The molecule has 39 heavy (non-hydrogen) atoms. The van der Waals surface area contributed by atoms with Crippen molar-refractivity contribution in [2.75, 3.05) is 10.8 Å². The highest BCUT2D eigenvalue weighted by atomic mass is 79.9. The largest absolute Gasteiger partial charge is 0.352 e. The van der Waals surface area contributed by atoms with E-state index in [9.17, 15) is 18.0 Å². The van der Waals surface area contributed by atoms with Crippen molar-refractivity contribution in [3.63, 3.8) is 0 Å². The predicted molar refractivity (Wildman–Crippen MR) is 159 cm³/mol. The minimum atomic E-state index is -4.08. The topological polar surface area (TPSA) is 86.8 Å². The lowest BCUT2D eigenvalue weighted by molar-refractivity contribution is -0.140. The van der Waals surface area contributed by atoms with Crippen LogP contribution in [-0.4, -0.2) is 43.8 Å². The van der Waals surface area contributed by atoms with E-state index in [0.717, 1.165) is 26.3 Å². The van der Waals surface area contributed by atoms with Gasteiger partial charge in [0.1, 0.15) is 12.6 Å². The molecule has 0 aromatic heterocycles. The van der Waals surface area contributed by atoms with Crippen molar-refractivity contribution in [3.8, 4) is 0 Å². The molecule has 2 amide bonds. The van der Waals surface area contributed by atoms with Gasteiger partial charge in [-0.3, -0.25) is 13.9 Å². The van der Waals surface area contributed by atoms with Gasteiger partial charge in [-0.2, -0.15) is 0 Å². The Kier molecular flexibility index (Phi) is 10.7. The molecule has 9 heteroatoms. The molecule has 0 radical (unpaired) electrons. The van der Waals surface area contributed by atoms with Crippen molar-refractivity contribution >= 4 is 43.5 Å². The van der Waals surface area contributed by atoms with Gasteiger partial charge in [-0.05, 0) is 68.7 Å². The fraction of sp³-hybridized carbons (Fsp3) is 0.333. The second-order valence-electron chi connectivity index (χ2n) is 9.55. The quantitative estimate of drug-likeness (QED) is 0.285. The van der Waals surface area contributed by atoms with Gasteiger partial charge in [0.15, 0.2) is 0 Å². The van der Waals surface area contributed by atoms with Crippen LogP contribution >= 0.6 is 15.9 Å². The smallest absolute Gasteiger partial charge is 0.264 e. The molecule has 0 aliphatic heterocycles. The van der Waals surface area contributed by atoms with Crippen LogP contribution < -0.4 is 9.62 Å². The molecule has 0 saturated carbocycles. The molecule has 7 nitrogen and oxygen atoms in total. The lowest BCUT2D eigenvalue weighted by Crippen LogP contribution is -2.53. The van der Waals surface area contributed by atoms with Gasteiger partial charge in [0.05, 0.1) is 10.6 Å². The third-order valence-corrected chi connectivity index (χ3v) is 8.86. The standard InChI is InChI=1S/C30H36BrN3O4S/c1-5-23(4)32-30(36)28(6-2)33(20-24-12-10-11-22(3)19-24)29(35)21-34(26-17-15-25(31)16-18-26)39(37,38)27-13-8-7-9-14-27/h7-19,23,28H,5-6,20-21H2,1-4H3,(H,32,36). The van der Waals surface area contributed by atoms with Gasteiger partial charge < -0.3 is 10.2 Å². The molecular formula is C30H36BrN3O4S. The normalized spacial score (nSPS) is 12.8. The van der Waals surface area contributed by atoms with Crippen LogP contribution in [0.15, 0.2) is 88.2 Å². The molecule has 3 aromatic rings. The minimum Gasteiger partial charge on any atom is -0.352 e. The summed E-state index contributed by atoms with van der Waals surface area (Å²) in [5, 5.41) is 2.99. The summed E-state index contributed by atoms with van der Waals surface area (Å²) in [7, 11) is -4.08. The number of sulfonamides is 1. The molecule has 1 N–H and O–H groups in total. The third-order valence-electron chi connectivity index (χ3n) is 6.55. The Balaban J connectivity index is 2.04. The van der Waals surface area contributed by atoms with E-state index in [1.54, 1.807) is 42.5 Å². The number of halogens is 1. The van der Waals surface area contributed by atoms with E-state index in [4.69, 9.17) is 0 Å². The fourth-order valence-corrected chi connectivity index (χ4v) is 5.92. The predicted octanol–water partition coefficient (Wildman–Crippen LogP) is 5.67. The van der Waals surface area contributed by atoms with Gasteiger partial charge >= 0.3 is 0 Å². The second-order valence-corrected chi connectivity index (χ2v) is 12.3. The number of anilines is 1. The number of aryl methyl sites for hydroxylation is 1. The van der Waals surface area contributed by atoms with Crippen molar-refractivity contribution in [2.24, 2.45) is 0 Å². The summed E-state index contributed by atoms with van der Waals surface area (Å²) in [6.45, 7) is 7.42. The van der Waals surface area contributed by atoms with Crippen LogP contribution in [0.3, 0.4) is 0 Å². The number of nitrogens with one attached hydrogen (secondary N) is 1. The minimum absolute atomic E-state index is 0.0554. The molecule has 208 valence electrons. The number of hydrogen-bond donors (Lipinski definition) is 1. The first-order valence-corrected chi connectivity index (χ1v) is 15.3. The van der Waals surface area contributed by atoms with Gasteiger partial charge in [0, 0.05) is 17.1 Å². The molecule has 3 aromatic carbocycles. The van der Waals surface area contributed by atoms with Gasteiger partial charge in [0.25, 0.3) is 10.0 Å². The lowest BCUT2D eigenvalue weighted by Gasteiger charge is -2.33. The maximum absolute atomic E-state index is 14.1. The maximum Gasteiger partial charge on any atom is 0.264 e. The van der Waals surface area contributed by atoms with Crippen molar-refractivity contribution in [3.05, 3.63) is 94.5 Å². The zero-order valence-electron chi connectivity index (χ0n) is 22.8. The van der Waals surface area contributed by atoms with Crippen LogP contribution in [-0.2, 0) is 26.2 Å². The van der Waals surface area contributed by atoms with Crippen LogP contribution in [0, 0.1) is 6.92 Å². The third kappa shape index (κ3) is 7.92. The number of rotatable bonds is 12. The van der Waals surface area contributed by atoms with Gasteiger partial charge in [-0.1, -0.05) is 77.8 Å². The Morgan fingerprint density at radius 2 is 1.59 bits per heavy atom. The monoisotopic (exact) mass is 613 g/mol. The number of carbonyl (C=O) groups is 2. The van der Waals surface area contributed by atoms with E-state index in [0.29, 0.717) is 12.1 Å². The molecule has 0 saturated heterocycles. The molecule has 0 aliphatic carbocycles. The summed E-state index contributed by atoms with van der Waals surface area (Å²) in [5.41, 5.74) is 2.24. The van der Waals surface area contributed by atoms with Crippen molar-refractivity contribution in [2.45, 2.75) is 64.1 Å². The van der Waals surface area contributed by atoms with Crippen molar-refractivity contribution in [1.29, 1.82) is 0 Å². The molecule has 0 spiro atoms. The van der Waals surface area contributed by atoms with Crippen LogP contribution in [0.5, 0.6) is 0 Å². The summed E-state index contributed by atoms with van der Waals surface area (Å²) >= 11 is 3.39. The van der Waals surface area contributed by atoms with Crippen LogP contribution in [0.2, 0.25) is 0 Å². The van der Waals surface area contributed by atoms with E-state index < -0.39 is 28.5 Å². The molecule has 0 bridgehead atoms. The first-order valence-electron chi connectivity index (χ1n) is 13.1. The van der Waals surface area contributed by atoms with Gasteiger partial charge in [-0.25, -0.2) is 8.42 Å². The Hall–Kier alpha value is -3.17. The number of nitrogens with zero attached hydrogens (tertiary/aromatic N) is 2. The average Bonchev–Trinajstić information content (AvgIpc) is 2.92. The molecule has 3 rings (SSSR count). The Labute approximate surface area is 240 Å². The summed E-state index contributed by atoms with van der Waals surface area (Å²) in [6.07, 6.45) is 1.13. The fourth-order valence-electron chi connectivity index (χ4n) is 4.22. The van der Waals surface area contributed by atoms with Crippen molar-refractivity contribution in [1.82, 2.24) is 10.2 Å². The number of hydrogen-bond acceptors (Lipinski definition) is 4. The molecule has 2 atom stereocenters. The second kappa shape index (κ2) is 13.8. The Bertz CT molecular complexity index is 1360. The lowest BCUT2D eigenvalue weighted by atomic mass is 10.1.